The third-order valence-corrected chi connectivity index (χ3v) is 3.10. The fourth-order valence-corrected chi connectivity index (χ4v) is 2.07. The summed E-state index contributed by atoms with van der Waals surface area (Å²) in [6, 6.07) is 1.17. The van der Waals surface area contributed by atoms with Crippen molar-refractivity contribution in [2.75, 3.05) is 20.2 Å². The van der Waals surface area contributed by atoms with Crippen molar-refractivity contribution in [1.82, 2.24) is 10.2 Å². The molecule has 2 aliphatic rings. The summed E-state index contributed by atoms with van der Waals surface area (Å²) >= 11 is 0. The monoisotopic (exact) mass is 198 g/mol. The molecule has 0 atom stereocenters. The molecule has 0 bridgehead atoms. The highest BCUT2D eigenvalue weighted by Gasteiger charge is 2.32. The molecular weight excluding hydrogens is 180 g/mol. The van der Waals surface area contributed by atoms with Gasteiger partial charge in [-0.25, -0.2) is 4.79 Å². The second kappa shape index (κ2) is 4.17. The van der Waals surface area contributed by atoms with Gasteiger partial charge in [0.25, 0.3) is 0 Å². The van der Waals surface area contributed by atoms with Crippen LogP contribution in [0.2, 0.25) is 0 Å². The zero-order valence-corrected chi connectivity index (χ0v) is 8.66. The molecule has 1 N–H and O–H groups in total. The van der Waals surface area contributed by atoms with Crippen LogP contribution in [0.5, 0.6) is 0 Å². The number of carbonyl (C=O) groups excluding carboxylic acids is 1. The Labute approximate surface area is 84.6 Å². The predicted octanol–water partition coefficient (Wildman–Crippen LogP) is 0.969. The maximum absolute atomic E-state index is 11.0. The minimum absolute atomic E-state index is 0.296. The topological polar surface area (TPSA) is 41.6 Å². The number of likely N-dealkylation sites (tertiary alicyclic amines) is 1. The molecule has 14 heavy (non-hydrogen) atoms. The lowest BCUT2D eigenvalue weighted by atomic mass is 10.1. The Kier molecular flexibility index (Phi) is 2.91. The van der Waals surface area contributed by atoms with Gasteiger partial charge in [-0.15, -0.1) is 0 Å². The summed E-state index contributed by atoms with van der Waals surface area (Å²) in [5, 5.41) is 2.86. The molecule has 1 aliphatic carbocycles. The first-order valence-corrected chi connectivity index (χ1v) is 5.38. The predicted molar refractivity (Wildman–Crippen MR) is 53.2 cm³/mol. The van der Waals surface area contributed by atoms with Crippen molar-refractivity contribution < 1.29 is 9.53 Å². The number of hydrogen-bond acceptors (Lipinski definition) is 3. The minimum Gasteiger partial charge on any atom is -0.453 e. The first-order chi connectivity index (χ1) is 6.79. The number of rotatable bonds is 2. The van der Waals surface area contributed by atoms with Crippen LogP contribution in [0.1, 0.15) is 25.7 Å². The minimum atomic E-state index is -0.296. The fourth-order valence-electron chi connectivity index (χ4n) is 2.07. The van der Waals surface area contributed by atoms with Crippen molar-refractivity contribution in [3.05, 3.63) is 0 Å². The van der Waals surface area contributed by atoms with E-state index in [1.54, 1.807) is 0 Å². The van der Waals surface area contributed by atoms with Crippen molar-refractivity contribution in [2.24, 2.45) is 0 Å². The molecule has 0 radical (unpaired) electrons. The number of alkyl carbamates (subject to hydrolysis) is 1. The Balaban J connectivity index is 1.69. The summed E-state index contributed by atoms with van der Waals surface area (Å²) in [6.45, 7) is 2.25. The molecular formula is C10H18N2O2. The van der Waals surface area contributed by atoms with Gasteiger partial charge in [-0.2, -0.15) is 0 Å². The molecule has 1 heterocycles. The molecule has 1 saturated heterocycles. The van der Waals surface area contributed by atoms with Gasteiger partial charge in [-0.05, 0) is 25.7 Å². The highest BCUT2D eigenvalue weighted by Crippen LogP contribution is 2.29. The molecule has 0 unspecified atom stereocenters. The SMILES string of the molecule is COC(=O)NC1CCN(C2CC2)CC1. The van der Waals surface area contributed by atoms with Gasteiger partial charge in [0.1, 0.15) is 0 Å². The van der Waals surface area contributed by atoms with Gasteiger partial charge in [0, 0.05) is 25.2 Å². The van der Waals surface area contributed by atoms with Gasteiger partial charge >= 0.3 is 6.09 Å². The van der Waals surface area contributed by atoms with E-state index >= 15 is 0 Å². The van der Waals surface area contributed by atoms with E-state index in [1.165, 1.54) is 20.0 Å². The highest BCUT2D eigenvalue weighted by atomic mass is 16.5. The second-order valence-corrected chi connectivity index (χ2v) is 4.18. The summed E-state index contributed by atoms with van der Waals surface area (Å²) in [5.41, 5.74) is 0. The molecule has 0 aromatic heterocycles. The van der Waals surface area contributed by atoms with Gasteiger partial charge in [-0.1, -0.05) is 0 Å². The van der Waals surface area contributed by atoms with E-state index in [-0.39, 0.29) is 6.09 Å². The summed E-state index contributed by atoms with van der Waals surface area (Å²) in [5.74, 6) is 0. The van der Waals surface area contributed by atoms with Crippen LogP contribution in [-0.4, -0.2) is 43.3 Å². The van der Waals surface area contributed by atoms with E-state index in [4.69, 9.17) is 0 Å². The van der Waals surface area contributed by atoms with E-state index in [2.05, 4.69) is 15.0 Å². The van der Waals surface area contributed by atoms with E-state index < -0.39 is 0 Å². The molecule has 80 valence electrons. The zero-order valence-electron chi connectivity index (χ0n) is 8.66. The van der Waals surface area contributed by atoms with Crippen LogP contribution in [0.4, 0.5) is 4.79 Å². The van der Waals surface area contributed by atoms with Crippen LogP contribution in [0.15, 0.2) is 0 Å². The van der Waals surface area contributed by atoms with Crippen LogP contribution in [0.3, 0.4) is 0 Å². The number of nitrogens with zero attached hydrogens (tertiary/aromatic N) is 1. The molecule has 1 saturated carbocycles. The first-order valence-electron chi connectivity index (χ1n) is 5.38. The average molecular weight is 198 g/mol. The normalized spacial score (nSPS) is 24.6. The lowest BCUT2D eigenvalue weighted by Crippen LogP contribution is -2.45. The first kappa shape index (κ1) is 9.77. The number of methoxy groups -OCH3 is 1. The lowest BCUT2D eigenvalue weighted by molar-refractivity contribution is 0.150. The molecule has 0 aromatic carbocycles. The smallest absolute Gasteiger partial charge is 0.407 e. The number of piperidine rings is 1. The van der Waals surface area contributed by atoms with E-state index in [0.29, 0.717) is 6.04 Å². The Morgan fingerprint density at radius 1 is 1.29 bits per heavy atom. The number of nitrogens with one attached hydrogen (secondary N) is 1. The average Bonchev–Trinajstić information content (AvgIpc) is 3.02. The third-order valence-electron chi connectivity index (χ3n) is 3.10. The number of hydrogen-bond donors (Lipinski definition) is 1. The largest absolute Gasteiger partial charge is 0.453 e. The standard InChI is InChI=1S/C10H18N2O2/c1-14-10(13)11-8-4-6-12(7-5-8)9-2-3-9/h8-9H,2-7H2,1H3,(H,11,13). The molecule has 2 rings (SSSR count). The Morgan fingerprint density at radius 2 is 1.93 bits per heavy atom. The zero-order chi connectivity index (χ0) is 9.97. The Hall–Kier alpha value is -0.770. The van der Waals surface area contributed by atoms with Crippen molar-refractivity contribution >= 4 is 6.09 Å². The summed E-state index contributed by atoms with van der Waals surface area (Å²) < 4.78 is 4.58. The van der Waals surface area contributed by atoms with Crippen LogP contribution in [-0.2, 0) is 4.74 Å². The summed E-state index contributed by atoms with van der Waals surface area (Å²) in [4.78, 5) is 13.5. The van der Waals surface area contributed by atoms with Gasteiger partial charge in [0.15, 0.2) is 0 Å². The van der Waals surface area contributed by atoms with Crippen LogP contribution in [0, 0.1) is 0 Å². The maximum atomic E-state index is 11.0. The van der Waals surface area contributed by atoms with E-state index in [1.807, 2.05) is 0 Å². The van der Waals surface area contributed by atoms with E-state index in [9.17, 15) is 4.79 Å². The van der Waals surface area contributed by atoms with Crippen molar-refractivity contribution in [2.45, 2.75) is 37.8 Å². The molecule has 1 aliphatic heterocycles. The van der Waals surface area contributed by atoms with Gasteiger partial charge in [0.05, 0.1) is 7.11 Å². The summed E-state index contributed by atoms with van der Waals surface area (Å²) in [7, 11) is 1.41. The Bertz CT molecular complexity index is 208. The lowest BCUT2D eigenvalue weighted by Gasteiger charge is -2.31. The van der Waals surface area contributed by atoms with Crippen LogP contribution >= 0.6 is 0 Å². The summed E-state index contributed by atoms with van der Waals surface area (Å²) in [6.07, 6.45) is 4.57. The van der Waals surface area contributed by atoms with Gasteiger partial charge < -0.3 is 15.0 Å². The fraction of sp³-hybridized carbons (Fsp3) is 0.900. The van der Waals surface area contributed by atoms with Crippen LogP contribution < -0.4 is 5.32 Å². The quantitative estimate of drug-likeness (QED) is 0.719. The molecule has 0 spiro atoms. The van der Waals surface area contributed by atoms with Crippen molar-refractivity contribution in [1.29, 1.82) is 0 Å². The maximum Gasteiger partial charge on any atom is 0.407 e. The Morgan fingerprint density at radius 3 is 2.43 bits per heavy atom. The number of ether oxygens (including phenoxy) is 1. The molecule has 1 amide bonds. The van der Waals surface area contributed by atoms with Crippen LogP contribution in [0.25, 0.3) is 0 Å². The van der Waals surface area contributed by atoms with E-state index in [0.717, 1.165) is 32.0 Å². The van der Waals surface area contributed by atoms with Crippen molar-refractivity contribution in [3.8, 4) is 0 Å². The molecule has 4 nitrogen and oxygen atoms in total. The molecule has 2 fully saturated rings. The number of amides is 1. The van der Waals surface area contributed by atoms with Crippen molar-refractivity contribution in [3.63, 3.8) is 0 Å². The molecule has 4 heteroatoms. The third kappa shape index (κ3) is 2.38. The van der Waals surface area contributed by atoms with Gasteiger partial charge in [-0.3, -0.25) is 0 Å². The molecule has 0 aromatic rings. The highest BCUT2D eigenvalue weighted by molar-refractivity contribution is 5.67. The van der Waals surface area contributed by atoms with Gasteiger partial charge in [0.2, 0.25) is 0 Å². The number of carbonyl (C=O) groups is 1. The second-order valence-electron chi connectivity index (χ2n) is 4.18.